The molecule has 1 saturated carbocycles. The second-order valence-corrected chi connectivity index (χ2v) is 23.3. The van der Waals surface area contributed by atoms with Gasteiger partial charge in [-0.05, 0) is 99.9 Å². The van der Waals surface area contributed by atoms with Crippen LogP contribution in [0.2, 0.25) is 5.02 Å². The van der Waals surface area contributed by atoms with Crippen LogP contribution in [0.25, 0.3) is 10.9 Å². The number of methoxy groups -OCH3 is 2. The number of aliphatic hydroxyl groups excluding tert-OH is 2. The highest BCUT2D eigenvalue weighted by molar-refractivity contribution is 6.32. The van der Waals surface area contributed by atoms with Crippen molar-refractivity contribution in [3.05, 3.63) is 39.1 Å². The molecule has 21 nitrogen and oxygen atoms in total. The van der Waals surface area contributed by atoms with E-state index in [2.05, 4.69) is 0 Å². The Morgan fingerprint density at radius 3 is 2.14 bits per heavy atom. The van der Waals surface area contributed by atoms with Gasteiger partial charge in [-0.3, -0.25) is 19.2 Å². The zero-order chi connectivity index (χ0) is 57.9. The number of fused-ring (bicyclic) bond motifs is 1. The molecule has 440 valence electrons. The van der Waals surface area contributed by atoms with Crippen LogP contribution in [0.15, 0.2) is 23.1 Å². The molecule has 18 atom stereocenters. The Morgan fingerprint density at radius 1 is 0.885 bits per heavy atom. The lowest BCUT2D eigenvalue weighted by atomic mass is 9.74. The summed E-state index contributed by atoms with van der Waals surface area (Å²) >= 11 is 6.55. The maximum Gasteiger partial charge on any atom is 0.341 e. The fraction of sp³-hybridized carbons (Fsp3) is 0.768. The van der Waals surface area contributed by atoms with Crippen molar-refractivity contribution in [2.45, 2.75) is 204 Å². The van der Waals surface area contributed by atoms with Crippen LogP contribution in [-0.2, 0) is 57.0 Å². The third-order valence-corrected chi connectivity index (χ3v) is 17.0. The number of pyridine rings is 1. The molecule has 4 heterocycles. The number of aromatic carboxylic acids is 1. The predicted octanol–water partition coefficient (Wildman–Crippen LogP) is 5.48. The number of rotatable bonds is 18. The van der Waals surface area contributed by atoms with E-state index in [9.17, 15) is 44.4 Å². The van der Waals surface area contributed by atoms with Crippen molar-refractivity contribution in [1.29, 1.82) is 0 Å². The number of hydrogen-bond donors (Lipinski definition) is 4. The van der Waals surface area contributed by atoms with E-state index in [1.807, 2.05) is 25.9 Å². The zero-order valence-corrected chi connectivity index (χ0v) is 48.5. The molecular formula is C56H85ClN2O19. The highest BCUT2D eigenvalue weighted by atomic mass is 35.5. The summed E-state index contributed by atoms with van der Waals surface area (Å²) in [4.78, 5) is 69.1. The Bertz CT molecular complexity index is 2490. The second kappa shape index (κ2) is 26.0. The molecule has 6 rings (SSSR count). The molecule has 2 aromatic rings. The number of carbonyl (C=O) groups excluding carboxylic acids is 3. The predicted molar refractivity (Wildman–Crippen MR) is 284 cm³/mol. The average Bonchev–Trinajstić information content (AvgIpc) is 4.29. The molecule has 4 aliphatic rings. The first kappa shape index (κ1) is 63.3. The maximum atomic E-state index is 14.6. The van der Waals surface area contributed by atoms with Gasteiger partial charge in [0.15, 0.2) is 18.7 Å². The number of hydrogen-bond acceptors (Lipinski definition) is 19. The fourth-order valence-electron chi connectivity index (χ4n) is 11.7. The van der Waals surface area contributed by atoms with E-state index in [-0.39, 0.29) is 91.2 Å². The second-order valence-electron chi connectivity index (χ2n) is 22.9. The largest absolute Gasteiger partial charge is 0.490 e. The van der Waals surface area contributed by atoms with Gasteiger partial charge >= 0.3 is 17.9 Å². The Kier molecular flexibility index (Phi) is 21.1. The van der Waals surface area contributed by atoms with E-state index in [0.29, 0.717) is 11.9 Å². The van der Waals surface area contributed by atoms with Gasteiger partial charge in [-0.15, -0.1) is 0 Å². The quantitative estimate of drug-likeness (QED) is 0.106. The first-order valence-electron chi connectivity index (χ1n) is 27.3. The standard InChI is InChI=1S/C56H85ClN2O19/c1-15-41-56(10,68)48(64)30(4)44(61)28(2)25-54(8,69-13)49(78-53-46(63)39(58(11)12)22-29(3)73-53)31(5)47(32(6)52(67)75-41)77-43-26-55(9,70-14)50(33(7)74-43)76-42(60)18-19-71-20-21-72-40-23-35-38(24-37(40)57)59(34-16-17-34)27-36(45(35)62)51(65)66/h23-24,27-34,39,41,43,46-50,53,63-64,68H,15-22,25-26H2,1-14H3,(H,65,66)/t28-,29?,30-,31+,32+,33-,39-,41-,43+,46-,47+,48+,49-,50+,53?,54?,55+,56?/m0/s1. The molecule has 1 aromatic heterocycles. The molecule has 3 saturated heterocycles. The van der Waals surface area contributed by atoms with E-state index in [4.69, 9.17) is 59.0 Å². The van der Waals surface area contributed by atoms with Gasteiger partial charge in [0, 0.05) is 56.7 Å². The summed E-state index contributed by atoms with van der Waals surface area (Å²) < 4.78 is 64.4. The lowest BCUT2D eigenvalue weighted by molar-refractivity contribution is -0.320. The molecule has 78 heavy (non-hydrogen) atoms. The lowest BCUT2D eigenvalue weighted by Gasteiger charge is -2.50. The van der Waals surface area contributed by atoms with Gasteiger partial charge < -0.3 is 77.3 Å². The number of esters is 2. The molecule has 0 bridgehead atoms. The molecule has 4 fully saturated rings. The van der Waals surface area contributed by atoms with Crippen LogP contribution < -0.4 is 10.2 Å². The third-order valence-electron chi connectivity index (χ3n) is 16.7. The van der Waals surface area contributed by atoms with Gasteiger partial charge in [-0.1, -0.05) is 39.3 Å². The number of carboxylic acid groups (broad SMARTS) is 1. The number of halogens is 1. The van der Waals surface area contributed by atoms with Crippen molar-refractivity contribution in [2.75, 3.05) is 48.1 Å². The molecule has 1 aromatic carbocycles. The maximum absolute atomic E-state index is 14.6. The highest BCUT2D eigenvalue weighted by Gasteiger charge is 2.55. The van der Waals surface area contributed by atoms with Crippen LogP contribution >= 0.6 is 11.6 Å². The summed E-state index contributed by atoms with van der Waals surface area (Å²) in [5.41, 5.74) is -5.07. The van der Waals surface area contributed by atoms with E-state index in [1.165, 1.54) is 40.3 Å². The number of aliphatic hydroxyl groups is 3. The number of carbonyl (C=O) groups is 4. The van der Waals surface area contributed by atoms with Gasteiger partial charge in [0.05, 0.1) is 77.6 Å². The van der Waals surface area contributed by atoms with Crippen LogP contribution in [0.4, 0.5) is 0 Å². The van der Waals surface area contributed by atoms with Crippen LogP contribution in [0.1, 0.15) is 131 Å². The summed E-state index contributed by atoms with van der Waals surface area (Å²) in [5, 5.41) is 45.3. The van der Waals surface area contributed by atoms with E-state index in [1.54, 1.807) is 59.1 Å². The van der Waals surface area contributed by atoms with Crippen molar-refractivity contribution in [1.82, 2.24) is 9.47 Å². The van der Waals surface area contributed by atoms with Crippen LogP contribution in [0, 0.1) is 23.7 Å². The van der Waals surface area contributed by atoms with Gasteiger partial charge in [0.25, 0.3) is 0 Å². The molecule has 4 unspecified atom stereocenters. The fourth-order valence-corrected chi connectivity index (χ4v) is 11.9. The molecule has 4 N–H and O–H groups in total. The summed E-state index contributed by atoms with van der Waals surface area (Å²) in [6.45, 7) is 16.8. The number of cyclic esters (lactones) is 1. The Balaban J connectivity index is 1.19. The normalized spacial score (nSPS) is 37.4. The molecule has 0 amide bonds. The number of aromatic nitrogens is 1. The van der Waals surface area contributed by atoms with Crippen LogP contribution in [-0.4, -0.2) is 186 Å². The minimum Gasteiger partial charge on any atom is -0.490 e. The summed E-state index contributed by atoms with van der Waals surface area (Å²) in [6, 6.07) is 2.76. The number of likely N-dealkylation sites (N-methyl/N-ethyl adjacent to an activating group) is 1. The summed E-state index contributed by atoms with van der Waals surface area (Å²) in [7, 11) is 6.66. The Labute approximate surface area is 462 Å². The lowest BCUT2D eigenvalue weighted by Crippen LogP contribution is -2.61. The SMILES string of the molecule is CC[C@@H]1OC(=O)[C@H](C)[C@H](O[C@@H]2C[C@@](C)(OC)[C@H](OC(=O)CCOCCOc3cc4c(=O)c(C(=O)O)cn(C5CC5)c4cc3Cl)[C@H](C)O2)[C@@H](C)[C@H](OC2OC(C)C[C@H](N(C)C)[C@@H]2O)C(C)(OC)C[C@H](C)C(=O)[C@H](C)[C@@H](O)C1(C)O. The van der Waals surface area contributed by atoms with Crippen molar-refractivity contribution in [3.63, 3.8) is 0 Å². The Hall–Kier alpha value is -3.84. The molecule has 1 aliphatic carbocycles. The molecular weight excluding hydrogens is 1040 g/mol. The molecule has 22 heteroatoms. The van der Waals surface area contributed by atoms with Crippen LogP contribution in [0.3, 0.4) is 0 Å². The van der Waals surface area contributed by atoms with E-state index >= 15 is 0 Å². The minimum atomic E-state index is -2.04. The number of Topliss-reactive ketones (excluding diaryl/α,β-unsaturated/α-hetero) is 1. The highest BCUT2D eigenvalue weighted by Crippen LogP contribution is 2.43. The molecule has 3 aliphatic heterocycles. The topological polar surface area (TPSA) is 267 Å². The van der Waals surface area contributed by atoms with Crippen molar-refractivity contribution in [3.8, 4) is 5.75 Å². The van der Waals surface area contributed by atoms with Gasteiger partial charge in [0.1, 0.15) is 47.1 Å². The first-order chi connectivity index (χ1) is 36.5. The average molecular weight is 1130 g/mol. The molecule has 0 spiro atoms. The van der Waals surface area contributed by atoms with Crippen molar-refractivity contribution < 1.29 is 87.0 Å². The number of ether oxygens (including phenoxy) is 10. The number of nitrogens with zero attached hydrogens (tertiary/aromatic N) is 2. The van der Waals surface area contributed by atoms with Gasteiger partial charge in [0.2, 0.25) is 5.43 Å². The van der Waals surface area contributed by atoms with Gasteiger partial charge in [-0.2, -0.15) is 0 Å². The summed E-state index contributed by atoms with van der Waals surface area (Å²) in [5.74, 6) is -6.70. The minimum absolute atomic E-state index is 0.00452. The number of ketones is 1. The van der Waals surface area contributed by atoms with Crippen molar-refractivity contribution >= 4 is 46.2 Å². The van der Waals surface area contributed by atoms with E-state index < -0.39 is 119 Å². The zero-order valence-electron chi connectivity index (χ0n) is 47.7. The summed E-state index contributed by atoms with van der Waals surface area (Å²) in [6.07, 6.45) is -7.02. The van der Waals surface area contributed by atoms with Gasteiger partial charge in [-0.25, -0.2) is 4.79 Å². The number of carboxylic acids is 1. The third kappa shape index (κ3) is 13.9. The van der Waals surface area contributed by atoms with E-state index in [0.717, 1.165) is 12.8 Å². The Morgan fingerprint density at radius 2 is 1.54 bits per heavy atom. The van der Waals surface area contributed by atoms with Crippen LogP contribution in [0.5, 0.6) is 5.75 Å². The monoisotopic (exact) mass is 1120 g/mol. The van der Waals surface area contributed by atoms with Crippen molar-refractivity contribution in [2.24, 2.45) is 23.7 Å². The molecule has 0 radical (unpaired) electrons. The number of benzene rings is 1. The first-order valence-corrected chi connectivity index (χ1v) is 27.6. The smallest absolute Gasteiger partial charge is 0.341 e.